The Balaban J connectivity index is 1.86. The lowest BCUT2D eigenvalue weighted by atomic mass is 9.99. The van der Waals surface area contributed by atoms with Gasteiger partial charge in [-0.05, 0) is 52.2 Å². The number of nitrogens with zero attached hydrogens (tertiary/aromatic N) is 1. The summed E-state index contributed by atoms with van der Waals surface area (Å²) in [5.74, 6) is 1.29. The van der Waals surface area contributed by atoms with Crippen molar-refractivity contribution in [1.82, 2.24) is 4.90 Å². The Hall–Kier alpha value is -1.71. The number of benzene rings is 1. The molecule has 1 aromatic carbocycles. The van der Waals surface area contributed by atoms with Crippen molar-refractivity contribution in [1.29, 1.82) is 0 Å². The maximum Gasteiger partial charge on any atom is 0.410 e. The summed E-state index contributed by atoms with van der Waals surface area (Å²) in [6, 6.07) is 8.02. The number of rotatable bonds is 3. The van der Waals surface area contributed by atoms with Crippen LogP contribution in [0.1, 0.15) is 39.2 Å². The first-order valence-electron chi connectivity index (χ1n) is 8.01. The molecular formula is C18H27NO3. The Bertz CT molecular complexity index is 507. The van der Waals surface area contributed by atoms with Crippen molar-refractivity contribution in [2.75, 3.05) is 19.7 Å². The third kappa shape index (κ3) is 4.93. The number of hydrogen-bond donors (Lipinski definition) is 0. The van der Waals surface area contributed by atoms with E-state index in [0.29, 0.717) is 19.1 Å². The normalized spacial score (nSPS) is 18.9. The fourth-order valence-corrected chi connectivity index (χ4v) is 2.62. The second kappa shape index (κ2) is 7.03. The molecule has 0 spiro atoms. The lowest BCUT2D eigenvalue weighted by Gasteiger charge is -2.34. The predicted octanol–water partition coefficient (Wildman–Crippen LogP) is 4.02. The van der Waals surface area contributed by atoms with Crippen LogP contribution < -0.4 is 4.74 Å². The minimum absolute atomic E-state index is 0.215. The number of aryl methyl sites for hydroxylation is 1. The molecule has 22 heavy (non-hydrogen) atoms. The molecule has 1 heterocycles. The minimum Gasteiger partial charge on any atom is -0.493 e. The predicted molar refractivity (Wildman–Crippen MR) is 87.2 cm³/mol. The highest BCUT2D eigenvalue weighted by Crippen LogP contribution is 2.22. The van der Waals surface area contributed by atoms with Crippen molar-refractivity contribution in [2.24, 2.45) is 5.92 Å². The lowest BCUT2D eigenvalue weighted by Crippen LogP contribution is -2.44. The summed E-state index contributed by atoms with van der Waals surface area (Å²) < 4.78 is 11.4. The molecule has 1 saturated heterocycles. The standard InChI is InChI=1S/C18H27NO3/c1-14-8-5-6-10-16(14)21-13-15-9-7-11-19(12-15)17(20)22-18(2,3)4/h5-6,8,10,15H,7,9,11-13H2,1-4H3. The van der Waals surface area contributed by atoms with Crippen LogP contribution in [0, 0.1) is 12.8 Å². The Kier molecular flexibility index (Phi) is 5.33. The van der Waals surface area contributed by atoms with Gasteiger partial charge in [0.15, 0.2) is 0 Å². The van der Waals surface area contributed by atoms with E-state index in [4.69, 9.17) is 9.47 Å². The van der Waals surface area contributed by atoms with Crippen LogP contribution in [0.25, 0.3) is 0 Å². The van der Waals surface area contributed by atoms with Gasteiger partial charge >= 0.3 is 6.09 Å². The topological polar surface area (TPSA) is 38.8 Å². The fraction of sp³-hybridized carbons (Fsp3) is 0.611. The van der Waals surface area contributed by atoms with Gasteiger partial charge in [0, 0.05) is 19.0 Å². The second-order valence-corrected chi connectivity index (χ2v) is 7.01. The molecule has 1 unspecified atom stereocenters. The van der Waals surface area contributed by atoms with Crippen molar-refractivity contribution in [3.63, 3.8) is 0 Å². The minimum atomic E-state index is -0.443. The Morgan fingerprint density at radius 2 is 2.05 bits per heavy atom. The molecule has 122 valence electrons. The van der Waals surface area contributed by atoms with Crippen LogP contribution in [-0.2, 0) is 4.74 Å². The number of likely N-dealkylation sites (tertiary alicyclic amines) is 1. The Morgan fingerprint density at radius 1 is 1.32 bits per heavy atom. The summed E-state index contributed by atoms with van der Waals surface area (Å²) in [6.45, 7) is 9.86. The van der Waals surface area contributed by atoms with Crippen molar-refractivity contribution in [3.05, 3.63) is 29.8 Å². The van der Waals surface area contributed by atoms with E-state index in [1.165, 1.54) is 0 Å². The molecule has 0 radical (unpaired) electrons. The Morgan fingerprint density at radius 3 is 2.73 bits per heavy atom. The number of carbonyl (C=O) groups excluding carboxylic acids is 1. The number of para-hydroxylation sites is 1. The monoisotopic (exact) mass is 305 g/mol. The Labute approximate surface area is 133 Å². The number of carbonyl (C=O) groups is 1. The largest absolute Gasteiger partial charge is 0.493 e. The molecule has 0 bridgehead atoms. The SMILES string of the molecule is Cc1ccccc1OCC1CCCN(C(=O)OC(C)(C)C)C1. The van der Waals surface area contributed by atoms with Crippen LogP contribution in [-0.4, -0.2) is 36.3 Å². The van der Waals surface area contributed by atoms with E-state index in [9.17, 15) is 4.79 Å². The molecule has 1 aromatic rings. The van der Waals surface area contributed by atoms with Gasteiger partial charge in [-0.15, -0.1) is 0 Å². The quantitative estimate of drug-likeness (QED) is 0.846. The molecule has 0 saturated carbocycles. The molecule has 1 amide bonds. The van der Waals surface area contributed by atoms with Gasteiger partial charge in [0.1, 0.15) is 11.4 Å². The highest BCUT2D eigenvalue weighted by molar-refractivity contribution is 5.68. The number of piperidine rings is 1. The highest BCUT2D eigenvalue weighted by atomic mass is 16.6. The molecule has 0 N–H and O–H groups in total. The zero-order chi connectivity index (χ0) is 16.2. The maximum absolute atomic E-state index is 12.2. The summed E-state index contributed by atoms with van der Waals surface area (Å²) in [4.78, 5) is 14.0. The number of ether oxygens (including phenoxy) is 2. The lowest BCUT2D eigenvalue weighted by molar-refractivity contribution is 0.0139. The van der Waals surface area contributed by atoms with Crippen LogP contribution in [0.3, 0.4) is 0 Å². The third-order valence-corrected chi connectivity index (χ3v) is 3.74. The first-order chi connectivity index (χ1) is 10.3. The maximum atomic E-state index is 12.2. The molecule has 2 rings (SSSR count). The van der Waals surface area contributed by atoms with Crippen molar-refractivity contribution < 1.29 is 14.3 Å². The first-order valence-corrected chi connectivity index (χ1v) is 8.01. The average Bonchev–Trinajstić information content (AvgIpc) is 2.45. The van der Waals surface area contributed by atoms with Crippen molar-refractivity contribution in [3.8, 4) is 5.75 Å². The van der Waals surface area contributed by atoms with Gasteiger partial charge in [-0.3, -0.25) is 0 Å². The van der Waals surface area contributed by atoms with Gasteiger partial charge in [0.05, 0.1) is 6.61 Å². The number of amides is 1. The molecule has 1 aliphatic rings. The summed E-state index contributed by atoms with van der Waals surface area (Å²) >= 11 is 0. The summed E-state index contributed by atoms with van der Waals surface area (Å²) in [5.41, 5.74) is 0.698. The van der Waals surface area contributed by atoms with E-state index in [1.54, 1.807) is 4.90 Å². The third-order valence-electron chi connectivity index (χ3n) is 3.74. The van der Waals surface area contributed by atoms with E-state index in [1.807, 2.05) is 52.0 Å². The highest BCUT2D eigenvalue weighted by Gasteiger charge is 2.27. The van der Waals surface area contributed by atoms with Gasteiger partial charge < -0.3 is 14.4 Å². The van der Waals surface area contributed by atoms with Gasteiger partial charge in [0.2, 0.25) is 0 Å². The zero-order valence-electron chi connectivity index (χ0n) is 14.1. The van der Waals surface area contributed by atoms with Crippen LogP contribution in [0.4, 0.5) is 4.79 Å². The number of hydrogen-bond acceptors (Lipinski definition) is 3. The van der Waals surface area contributed by atoms with Gasteiger partial charge in [0.25, 0.3) is 0 Å². The van der Waals surface area contributed by atoms with Gasteiger partial charge in [-0.1, -0.05) is 18.2 Å². The molecule has 4 nitrogen and oxygen atoms in total. The molecule has 0 aliphatic carbocycles. The van der Waals surface area contributed by atoms with Crippen molar-refractivity contribution >= 4 is 6.09 Å². The van der Waals surface area contributed by atoms with E-state index in [-0.39, 0.29) is 6.09 Å². The van der Waals surface area contributed by atoms with Crippen LogP contribution in [0.5, 0.6) is 5.75 Å². The average molecular weight is 305 g/mol. The zero-order valence-corrected chi connectivity index (χ0v) is 14.1. The van der Waals surface area contributed by atoms with Crippen LogP contribution in [0.15, 0.2) is 24.3 Å². The molecular weight excluding hydrogens is 278 g/mol. The van der Waals surface area contributed by atoms with E-state index in [0.717, 1.165) is 30.7 Å². The fourth-order valence-electron chi connectivity index (χ4n) is 2.62. The van der Waals surface area contributed by atoms with E-state index < -0.39 is 5.60 Å². The molecule has 4 heteroatoms. The summed E-state index contributed by atoms with van der Waals surface area (Å²) in [5, 5.41) is 0. The molecule has 1 atom stereocenters. The summed E-state index contributed by atoms with van der Waals surface area (Å²) in [7, 11) is 0. The van der Waals surface area contributed by atoms with E-state index in [2.05, 4.69) is 0 Å². The van der Waals surface area contributed by atoms with Gasteiger partial charge in [-0.2, -0.15) is 0 Å². The smallest absolute Gasteiger partial charge is 0.410 e. The molecule has 1 aliphatic heterocycles. The van der Waals surface area contributed by atoms with Crippen LogP contribution in [0.2, 0.25) is 0 Å². The molecule has 1 fully saturated rings. The van der Waals surface area contributed by atoms with E-state index >= 15 is 0 Å². The van der Waals surface area contributed by atoms with Crippen LogP contribution >= 0.6 is 0 Å². The first kappa shape index (κ1) is 16.7. The van der Waals surface area contributed by atoms with Crippen molar-refractivity contribution in [2.45, 2.75) is 46.1 Å². The second-order valence-electron chi connectivity index (χ2n) is 7.01. The summed E-state index contributed by atoms with van der Waals surface area (Å²) in [6.07, 6.45) is 1.87. The molecule has 0 aromatic heterocycles. The van der Waals surface area contributed by atoms with Gasteiger partial charge in [-0.25, -0.2) is 4.79 Å².